The molecule has 2 heterocycles. The average molecular weight is 362 g/mol. The topological polar surface area (TPSA) is 82.9 Å². The van der Waals surface area contributed by atoms with Crippen LogP contribution in [0.1, 0.15) is 32.4 Å². The standard InChI is InChI=1S/C16H18N4O2S2/c1-11-3-5-13(23-11)9-17-19-15(21)7-8-16(22)20-18-10-14-6-4-12(2)24-14/h3-6,9-10H,7-8H2,1-2H3,(H,19,21)(H,20,22)/b17-9+,18-10+. The molecule has 0 spiro atoms. The smallest absolute Gasteiger partial charge is 0.240 e. The molecular formula is C16H18N4O2S2. The highest BCUT2D eigenvalue weighted by molar-refractivity contribution is 7.13. The summed E-state index contributed by atoms with van der Waals surface area (Å²) in [6.07, 6.45) is 3.28. The van der Waals surface area contributed by atoms with Crippen molar-refractivity contribution in [3.05, 3.63) is 43.8 Å². The van der Waals surface area contributed by atoms with Gasteiger partial charge in [-0.25, -0.2) is 10.9 Å². The van der Waals surface area contributed by atoms with Crippen LogP contribution >= 0.6 is 22.7 Å². The van der Waals surface area contributed by atoms with Gasteiger partial charge in [0.15, 0.2) is 0 Å². The first kappa shape index (κ1) is 18.0. The van der Waals surface area contributed by atoms with Gasteiger partial charge in [0, 0.05) is 32.4 Å². The molecule has 0 aliphatic heterocycles. The van der Waals surface area contributed by atoms with Gasteiger partial charge in [-0.1, -0.05) is 0 Å². The summed E-state index contributed by atoms with van der Waals surface area (Å²) in [5.74, 6) is -0.625. The third-order valence-corrected chi connectivity index (χ3v) is 4.73. The van der Waals surface area contributed by atoms with Gasteiger partial charge in [-0.2, -0.15) is 10.2 Å². The number of aryl methyl sites for hydroxylation is 2. The van der Waals surface area contributed by atoms with E-state index in [2.05, 4.69) is 21.1 Å². The number of thiophene rings is 2. The number of nitrogens with one attached hydrogen (secondary N) is 2. The summed E-state index contributed by atoms with van der Waals surface area (Å²) in [5.41, 5.74) is 4.80. The predicted octanol–water partition coefficient (Wildman–Crippen LogP) is 2.81. The van der Waals surface area contributed by atoms with Gasteiger partial charge in [-0.3, -0.25) is 9.59 Å². The van der Waals surface area contributed by atoms with E-state index >= 15 is 0 Å². The molecule has 2 amide bonds. The molecule has 2 N–H and O–H groups in total. The Labute approximate surface area is 148 Å². The van der Waals surface area contributed by atoms with Crippen molar-refractivity contribution >= 4 is 46.9 Å². The van der Waals surface area contributed by atoms with Crippen LogP contribution in [-0.2, 0) is 9.59 Å². The number of hydrogen-bond donors (Lipinski definition) is 2. The van der Waals surface area contributed by atoms with Gasteiger partial charge in [0.05, 0.1) is 12.4 Å². The van der Waals surface area contributed by atoms with Crippen LogP contribution in [0.5, 0.6) is 0 Å². The lowest BCUT2D eigenvalue weighted by Crippen LogP contribution is -2.22. The number of amides is 2. The molecule has 0 saturated heterocycles. The molecule has 2 rings (SSSR count). The molecule has 126 valence electrons. The van der Waals surface area contributed by atoms with E-state index in [0.29, 0.717) is 0 Å². The van der Waals surface area contributed by atoms with Crippen LogP contribution in [0.15, 0.2) is 34.5 Å². The SMILES string of the molecule is Cc1ccc(/C=N/NC(=O)CCC(=O)N/N=C/c2ccc(C)s2)s1. The summed E-state index contributed by atoms with van der Waals surface area (Å²) < 4.78 is 0. The first-order valence-electron chi connectivity index (χ1n) is 7.29. The largest absolute Gasteiger partial charge is 0.273 e. The van der Waals surface area contributed by atoms with Gasteiger partial charge in [0.25, 0.3) is 0 Å². The lowest BCUT2D eigenvalue weighted by atomic mass is 10.3. The molecule has 8 heteroatoms. The third-order valence-electron chi connectivity index (χ3n) is 2.86. The molecule has 2 aromatic rings. The van der Waals surface area contributed by atoms with Gasteiger partial charge in [-0.15, -0.1) is 22.7 Å². The Balaban J connectivity index is 1.64. The second-order valence-corrected chi connectivity index (χ2v) is 7.62. The minimum absolute atomic E-state index is 0.0558. The van der Waals surface area contributed by atoms with E-state index in [1.807, 2.05) is 38.1 Å². The Morgan fingerprint density at radius 3 is 1.62 bits per heavy atom. The van der Waals surface area contributed by atoms with E-state index < -0.39 is 0 Å². The molecule has 2 aromatic heterocycles. The zero-order valence-corrected chi connectivity index (χ0v) is 15.0. The fraction of sp³-hybridized carbons (Fsp3) is 0.250. The van der Waals surface area contributed by atoms with Crippen molar-refractivity contribution in [2.45, 2.75) is 26.7 Å². The molecule has 24 heavy (non-hydrogen) atoms. The zero-order chi connectivity index (χ0) is 17.4. The van der Waals surface area contributed by atoms with Gasteiger partial charge in [0.1, 0.15) is 0 Å². The maximum Gasteiger partial charge on any atom is 0.240 e. The fourth-order valence-electron chi connectivity index (χ4n) is 1.72. The zero-order valence-electron chi connectivity index (χ0n) is 13.4. The molecule has 0 fully saturated rings. The summed E-state index contributed by atoms with van der Waals surface area (Å²) in [4.78, 5) is 27.5. The molecule has 6 nitrogen and oxygen atoms in total. The maximum absolute atomic E-state index is 11.6. The van der Waals surface area contributed by atoms with Crippen molar-refractivity contribution in [1.82, 2.24) is 10.9 Å². The summed E-state index contributed by atoms with van der Waals surface area (Å²) in [6, 6.07) is 7.82. The number of hydrogen-bond acceptors (Lipinski definition) is 6. The van der Waals surface area contributed by atoms with E-state index in [1.54, 1.807) is 35.1 Å². The minimum Gasteiger partial charge on any atom is -0.273 e. The van der Waals surface area contributed by atoms with Crippen LogP contribution in [0, 0.1) is 13.8 Å². The summed E-state index contributed by atoms with van der Waals surface area (Å²) in [6.45, 7) is 4.00. The lowest BCUT2D eigenvalue weighted by Gasteiger charge is -1.99. The molecule has 0 radical (unpaired) electrons. The molecule has 0 aliphatic rings. The average Bonchev–Trinajstić information content (AvgIpc) is 3.14. The van der Waals surface area contributed by atoms with Crippen LogP contribution < -0.4 is 10.9 Å². The van der Waals surface area contributed by atoms with E-state index in [4.69, 9.17) is 0 Å². The van der Waals surface area contributed by atoms with Crippen molar-refractivity contribution in [3.8, 4) is 0 Å². The number of nitrogens with zero attached hydrogens (tertiary/aromatic N) is 2. The molecule has 0 saturated carbocycles. The molecule has 0 unspecified atom stereocenters. The molecule has 0 atom stereocenters. The van der Waals surface area contributed by atoms with Crippen LogP contribution in [0.4, 0.5) is 0 Å². The van der Waals surface area contributed by atoms with Crippen molar-refractivity contribution in [1.29, 1.82) is 0 Å². The predicted molar refractivity (Wildman–Crippen MR) is 98.8 cm³/mol. The Bertz CT molecular complexity index is 697. The molecule has 0 bridgehead atoms. The van der Waals surface area contributed by atoms with Gasteiger partial charge < -0.3 is 0 Å². The van der Waals surface area contributed by atoms with Crippen molar-refractivity contribution in [3.63, 3.8) is 0 Å². The van der Waals surface area contributed by atoms with Crippen LogP contribution in [0.3, 0.4) is 0 Å². The second kappa shape index (κ2) is 9.09. The van der Waals surface area contributed by atoms with Crippen molar-refractivity contribution in [2.75, 3.05) is 0 Å². The van der Waals surface area contributed by atoms with Crippen molar-refractivity contribution < 1.29 is 9.59 Å². The highest BCUT2D eigenvalue weighted by Crippen LogP contribution is 2.12. The van der Waals surface area contributed by atoms with E-state index in [-0.39, 0.29) is 24.7 Å². The lowest BCUT2D eigenvalue weighted by molar-refractivity contribution is -0.126. The van der Waals surface area contributed by atoms with Gasteiger partial charge in [0.2, 0.25) is 11.8 Å². The van der Waals surface area contributed by atoms with Crippen molar-refractivity contribution in [2.24, 2.45) is 10.2 Å². The first-order valence-corrected chi connectivity index (χ1v) is 8.93. The van der Waals surface area contributed by atoms with E-state index in [9.17, 15) is 9.59 Å². The monoisotopic (exact) mass is 362 g/mol. The Hall–Kier alpha value is -2.32. The summed E-state index contributed by atoms with van der Waals surface area (Å²) >= 11 is 3.17. The third kappa shape index (κ3) is 6.43. The first-order chi connectivity index (χ1) is 11.5. The number of hydrazone groups is 2. The fourth-order valence-corrected chi connectivity index (χ4v) is 3.22. The van der Waals surface area contributed by atoms with Gasteiger partial charge in [-0.05, 0) is 38.1 Å². The highest BCUT2D eigenvalue weighted by Gasteiger charge is 2.05. The summed E-state index contributed by atoms with van der Waals surface area (Å²) in [7, 11) is 0. The Morgan fingerprint density at radius 2 is 1.29 bits per heavy atom. The molecule has 0 aliphatic carbocycles. The van der Waals surface area contributed by atoms with E-state index in [1.165, 1.54) is 9.75 Å². The molecular weight excluding hydrogens is 344 g/mol. The normalized spacial score (nSPS) is 11.2. The van der Waals surface area contributed by atoms with Crippen LogP contribution in [0.25, 0.3) is 0 Å². The Kier molecular flexibility index (Phi) is 6.83. The maximum atomic E-state index is 11.6. The minimum atomic E-state index is -0.312. The van der Waals surface area contributed by atoms with Crippen LogP contribution in [-0.4, -0.2) is 24.2 Å². The number of rotatable bonds is 7. The van der Waals surface area contributed by atoms with E-state index in [0.717, 1.165) is 9.75 Å². The number of carbonyl (C=O) groups is 2. The number of carbonyl (C=O) groups excluding carboxylic acids is 2. The quantitative estimate of drug-likeness (QED) is 0.586. The van der Waals surface area contributed by atoms with Crippen LogP contribution in [0.2, 0.25) is 0 Å². The highest BCUT2D eigenvalue weighted by atomic mass is 32.1. The summed E-state index contributed by atoms with van der Waals surface area (Å²) in [5, 5.41) is 7.73. The molecule has 0 aromatic carbocycles. The van der Waals surface area contributed by atoms with Gasteiger partial charge >= 0.3 is 0 Å². The second-order valence-electron chi connectivity index (χ2n) is 4.98. The Morgan fingerprint density at radius 1 is 0.875 bits per heavy atom.